The third-order valence-corrected chi connectivity index (χ3v) is 10.3. The van der Waals surface area contributed by atoms with E-state index in [9.17, 15) is 19.2 Å². The van der Waals surface area contributed by atoms with Gasteiger partial charge in [-0.15, -0.1) is 0 Å². The number of esters is 1. The van der Waals surface area contributed by atoms with E-state index in [0.717, 1.165) is 12.8 Å². The summed E-state index contributed by atoms with van der Waals surface area (Å²) in [7, 11) is 1.35. The van der Waals surface area contributed by atoms with Crippen molar-refractivity contribution < 1.29 is 33.1 Å². The number of carbonyl (C=O) groups excluding carboxylic acids is 4. The minimum Gasteiger partial charge on any atom is -0.468 e. The molecule has 12 heteroatoms. The van der Waals surface area contributed by atoms with Gasteiger partial charge < -0.3 is 28.6 Å². The summed E-state index contributed by atoms with van der Waals surface area (Å²) < 4.78 is 17.4. The fraction of sp³-hybridized carbons (Fsp3) is 0.529. The number of likely N-dealkylation sites (tertiary alicyclic amines) is 1. The Bertz CT molecular complexity index is 1530. The molecule has 4 heterocycles. The Morgan fingerprint density at radius 1 is 1.07 bits per heavy atom. The van der Waals surface area contributed by atoms with Gasteiger partial charge in [-0.25, -0.2) is 0 Å². The van der Waals surface area contributed by atoms with E-state index in [1.807, 2.05) is 19.9 Å². The second-order valence-corrected chi connectivity index (χ2v) is 13.9. The van der Waals surface area contributed by atoms with Crippen molar-refractivity contribution >= 4 is 46.9 Å². The molecule has 3 aliphatic heterocycles. The summed E-state index contributed by atoms with van der Waals surface area (Å²) in [5, 5.41) is 0.868. The second kappa shape index (κ2) is 13.0. The highest BCUT2D eigenvalue weighted by Crippen LogP contribution is 2.57. The first-order chi connectivity index (χ1) is 22.0. The number of hydrogen-bond donors (Lipinski definition) is 0. The van der Waals surface area contributed by atoms with Gasteiger partial charge in [-0.1, -0.05) is 43.1 Å². The summed E-state index contributed by atoms with van der Waals surface area (Å²) in [4.78, 5) is 60.0. The lowest BCUT2D eigenvalue weighted by Gasteiger charge is -2.53. The number of halogens is 2. The zero-order valence-corrected chi connectivity index (χ0v) is 27.8. The molecule has 2 aromatic rings. The first kappa shape index (κ1) is 32.6. The summed E-state index contributed by atoms with van der Waals surface area (Å²) >= 11 is 12.8. The zero-order valence-electron chi connectivity index (χ0n) is 26.2. The predicted octanol–water partition coefficient (Wildman–Crippen LogP) is 5.19. The van der Waals surface area contributed by atoms with Gasteiger partial charge in [0.25, 0.3) is 5.91 Å². The number of furan rings is 1. The number of methoxy groups -OCH3 is 1. The molecule has 1 aromatic heterocycles. The average molecular weight is 673 g/mol. The maximum Gasteiger partial charge on any atom is 0.320 e. The van der Waals surface area contributed by atoms with Crippen LogP contribution in [0.15, 0.2) is 52.8 Å². The highest BCUT2D eigenvalue weighted by atomic mass is 35.5. The van der Waals surface area contributed by atoms with Gasteiger partial charge >= 0.3 is 5.97 Å². The molecule has 1 aliphatic carbocycles. The fourth-order valence-corrected chi connectivity index (χ4v) is 7.56. The summed E-state index contributed by atoms with van der Waals surface area (Å²) in [5.41, 5.74) is -0.0438. The Hall–Kier alpha value is -3.34. The number of piperazine rings is 1. The van der Waals surface area contributed by atoms with Gasteiger partial charge in [0, 0.05) is 54.3 Å². The van der Waals surface area contributed by atoms with Crippen LogP contribution in [0.4, 0.5) is 0 Å². The Balaban J connectivity index is 1.31. The van der Waals surface area contributed by atoms with E-state index in [4.69, 9.17) is 37.1 Å². The van der Waals surface area contributed by atoms with Crippen molar-refractivity contribution in [1.82, 2.24) is 14.7 Å². The van der Waals surface area contributed by atoms with E-state index in [-0.39, 0.29) is 60.8 Å². The van der Waals surface area contributed by atoms with Crippen LogP contribution in [0.2, 0.25) is 10.0 Å². The van der Waals surface area contributed by atoms with E-state index in [0.29, 0.717) is 47.5 Å². The van der Waals surface area contributed by atoms with Crippen LogP contribution < -0.4 is 0 Å². The number of fused-ring (bicyclic) bond motifs is 1. The van der Waals surface area contributed by atoms with Crippen molar-refractivity contribution in [2.45, 2.75) is 58.3 Å². The minimum absolute atomic E-state index is 0.0904. The SMILES string of the molecule is COC(=O)[C@]12C[C@H](CC(=O)N3CCN(C(=O)c4ccco4)CC3)C(=O)N(Cc3ccc(Cl)cc3Cl)C1=C[C@H](C(C)C)O[C@@H]2C1CC1. The minimum atomic E-state index is -1.27. The molecule has 3 amide bonds. The highest BCUT2D eigenvalue weighted by molar-refractivity contribution is 6.35. The van der Waals surface area contributed by atoms with Gasteiger partial charge in [-0.3, -0.25) is 19.2 Å². The van der Waals surface area contributed by atoms with Crippen molar-refractivity contribution in [2.24, 2.45) is 23.2 Å². The van der Waals surface area contributed by atoms with E-state index >= 15 is 0 Å². The smallest absolute Gasteiger partial charge is 0.320 e. The molecule has 2 saturated heterocycles. The molecule has 10 nitrogen and oxygen atoms in total. The first-order valence-corrected chi connectivity index (χ1v) is 16.6. The predicted molar refractivity (Wildman–Crippen MR) is 170 cm³/mol. The molecule has 3 fully saturated rings. The lowest BCUT2D eigenvalue weighted by Crippen LogP contribution is -2.62. The maximum absolute atomic E-state index is 14.5. The maximum atomic E-state index is 14.5. The average Bonchev–Trinajstić information content (AvgIpc) is 3.74. The fourth-order valence-electron chi connectivity index (χ4n) is 7.09. The second-order valence-electron chi connectivity index (χ2n) is 13.0. The normalized spacial score (nSPS) is 26.6. The number of hydrogen-bond acceptors (Lipinski definition) is 7. The third-order valence-electron chi connectivity index (χ3n) is 9.72. The van der Waals surface area contributed by atoms with Crippen LogP contribution in [-0.2, 0) is 30.4 Å². The van der Waals surface area contributed by atoms with Crippen molar-refractivity contribution in [1.29, 1.82) is 0 Å². The van der Waals surface area contributed by atoms with Crippen LogP contribution in [0.3, 0.4) is 0 Å². The van der Waals surface area contributed by atoms with Crippen molar-refractivity contribution in [3.05, 3.63) is 69.7 Å². The van der Waals surface area contributed by atoms with Crippen LogP contribution >= 0.6 is 23.2 Å². The van der Waals surface area contributed by atoms with Gasteiger partial charge in [-0.2, -0.15) is 0 Å². The van der Waals surface area contributed by atoms with Gasteiger partial charge in [-0.05, 0) is 67.0 Å². The van der Waals surface area contributed by atoms with Crippen molar-refractivity contribution in [3.63, 3.8) is 0 Å². The Morgan fingerprint density at radius 3 is 2.39 bits per heavy atom. The molecule has 4 aliphatic rings. The Labute approximate surface area is 278 Å². The molecular formula is C34H39Cl2N3O7. The highest BCUT2D eigenvalue weighted by Gasteiger charge is 2.64. The Kier molecular flexibility index (Phi) is 9.24. The van der Waals surface area contributed by atoms with Crippen LogP contribution in [0, 0.1) is 23.2 Å². The first-order valence-electron chi connectivity index (χ1n) is 15.9. The number of ether oxygens (including phenoxy) is 2. The van der Waals surface area contributed by atoms with E-state index in [1.54, 1.807) is 45.0 Å². The number of amides is 3. The molecular weight excluding hydrogens is 633 g/mol. The molecule has 4 atom stereocenters. The third kappa shape index (κ3) is 6.07. The molecule has 0 unspecified atom stereocenters. The Morgan fingerprint density at radius 2 is 1.78 bits per heavy atom. The quantitative estimate of drug-likeness (QED) is 0.356. The van der Waals surface area contributed by atoms with Gasteiger partial charge in [0.15, 0.2) is 5.76 Å². The largest absolute Gasteiger partial charge is 0.468 e. The van der Waals surface area contributed by atoms with Crippen LogP contribution in [-0.4, -0.2) is 83.9 Å². The summed E-state index contributed by atoms with van der Waals surface area (Å²) in [6.07, 6.45) is 4.36. The van der Waals surface area contributed by atoms with Gasteiger partial charge in [0.1, 0.15) is 5.41 Å². The summed E-state index contributed by atoms with van der Waals surface area (Å²) in [6, 6.07) is 8.39. The van der Waals surface area contributed by atoms with Gasteiger partial charge in [0.05, 0.1) is 32.1 Å². The number of carbonyl (C=O) groups is 4. The molecule has 6 rings (SSSR count). The molecule has 1 aromatic carbocycles. The topological polar surface area (TPSA) is 110 Å². The van der Waals surface area contributed by atoms with E-state index in [2.05, 4.69) is 0 Å². The summed E-state index contributed by atoms with van der Waals surface area (Å²) in [5.74, 6) is -1.48. The van der Waals surface area contributed by atoms with Crippen molar-refractivity contribution in [3.8, 4) is 0 Å². The number of nitrogens with zero attached hydrogens (tertiary/aromatic N) is 3. The molecule has 46 heavy (non-hydrogen) atoms. The number of benzene rings is 1. The lowest BCUT2D eigenvalue weighted by atomic mass is 9.64. The number of piperidine rings is 1. The monoisotopic (exact) mass is 671 g/mol. The molecule has 246 valence electrons. The molecule has 0 N–H and O–H groups in total. The van der Waals surface area contributed by atoms with Gasteiger partial charge in [0.2, 0.25) is 11.8 Å². The van der Waals surface area contributed by atoms with E-state index < -0.39 is 23.4 Å². The molecule has 0 radical (unpaired) electrons. The molecule has 1 saturated carbocycles. The van der Waals surface area contributed by atoms with Crippen molar-refractivity contribution in [2.75, 3.05) is 33.3 Å². The lowest BCUT2D eigenvalue weighted by molar-refractivity contribution is -0.182. The van der Waals surface area contributed by atoms with E-state index in [1.165, 1.54) is 13.4 Å². The molecule has 0 bridgehead atoms. The van der Waals surface area contributed by atoms with Crippen LogP contribution in [0.5, 0.6) is 0 Å². The zero-order chi connectivity index (χ0) is 32.7. The molecule has 0 spiro atoms. The number of rotatable bonds is 8. The van der Waals surface area contributed by atoms with Crippen LogP contribution in [0.25, 0.3) is 0 Å². The summed E-state index contributed by atoms with van der Waals surface area (Å²) in [6.45, 7) is 5.54. The standard InChI is InChI=1S/C34H39Cl2N3O7/c1-20(2)27-17-28-34(33(43)44-3,30(46-27)21-6-7-21)18-23(31(41)39(28)19-22-8-9-24(35)16-25(22)36)15-29(40)37-10-12-38(13-11-37)32(42)26-5-4-14-45-26/h4-5,8-9,14,16-17,20-21,23,27,30H,6-7,10-13,15,18-19H2,1-3H3/t23-,27+,30+,34+/m0/s1. The van der Waals surface area contributed by atoms with Crippen LogP contribution in [0.1, 0.15) is 55.6 Å².